The van der Waals surface area contributed by atoms with Gasteiger partial charge in [-0.15, -0.1) is 0 Å². The summed E-state index contributed by atoms with van der Waals surface area (Å²) in [7, 11) is -3.48. The first-order chi connectivity index (χ1) is 8.29. The Morgan fingerprint density at radius 1 is 1.50 bits per heavy atom. The Morgan fingerprint density at radius 3 is 2.61 bits per heavy atom. The summed E-state index contributed by atoms with van der Waals surface area (Å²) in [4.78, 5) is 0.248. The number of sulfonamides is 1. The quantitative estimate of drug-likeness (QED) is 0.907. The molecule has 1 aromatic rings. The second kappa shape index (κ2) is 4.36. The van der Waals surface area contributed by atoms with Crippen molar-refractivity contribution in [2.75, 3.05) is 6.54 Å². The summed E-state index contributed by atoms with van der Waals surface area (Å²) in [6.45, 7) is 6.35. The smallest absolute Gasteiger partial charge is 0.247 e. The van der Waals surface area contributed by atoms with Crippen LogP contribution in [0.1, 0.15) is 38.2 Å². The summed E-state index contributed by atoms with van der Waals surface area (Å²) in [5.41, 5.74) is 5.15. The molecule has 0 aromatic carbocycles. The van der Waals surface area contributed by atoms with E-state index < -0.39 is 10.0 Å². The number of furan rings is 1. The summed E-state index contributed by atoms with van der Waals surface area (Å²) in [5.74, 6) is 0.918. The van der Waals surface area contributed by atoms with E-state index in [0.29, 0.717) is 18.1 Å². The van der Waals surface area contributed by atoms with Crippen LogP contribution in [0.3, 0.4) is 0 Å². The minimum Gasteiger partial charge on any atom is -0.464 e. The van der Waals surface area contributed by atoms with Gasteiger partial charge in [-0.3, -0.25) is 0 Å². The topological polar surface area (TPSA) is 76.5 Å². The van der Waals surface area contributed by atoms with Crippen molar-refractivity contribution in [1.29, 1.82) is 0 Å². The third-order valence-electron chi connectivity index (χ3n) is 3.52. The summed E-state index contributed by atoms with van der Waals surface area (Å²) >= 11 is 0. The van der Waals surface area contributed by atoms with Gasteiger partial charge in [-0.2, -0.15) is 4.31 Å². The number of nitrogens with zero attached hydrogens (tertiary/aromatic N) is 1. The predicted molar refractivity (Wildman–Crippen MR) is 68.5 cm³/mol. The van der Waals surface area contributed by atoms with Crippen molar-refractivity contribution in [1.82, 2.24) is 4.31 Å². The maximum atomic E-state index is 12.6. The highest BCUT2D eigenvalue weighted by Crippen LogP contribution is 2.35. The van der Waals surface area contributed by atoms with E-state index >= 15 is 0 Å². The van der Waals surface area contributed by atoms with Crippen molar-refractivity contribution in [3.63, 3.8) is 0 Å². The Hall–Kier alpha value is -0.850. The molecule has 18 heavy (non-hydrogen) atoms. The maximum Gasteiger partial charge on any atom is 0.247 e. The molecule has 1 fully saturated rings. The second-order valence-electron chi connectivity index (χ2n) is 5.33. The van der Waals surface area contributed by atoms with Gasteiger partial charge in [0.25, 0.3) is 0 Å². The van der Waals surface area contributed by atoms with Crippen molar-refractivity contribution in [3.8, 4) is 0 Å². The Kier molecular flexibility index (Phi) is 3.29. The van der Waals surface area contributed by atoms with Crippen molar-refractivity contribution in [2.24, 2.45) is 5.73 Å². The van der Waals surface area contributed by atoms with Crippen LogP contribution >= 0.6 is 0 Å². The normalized spacial score (nSPS) is 20.4. The minimum absolute atomic E-state index is 0.208. The standard InChI is InChI=1S/C12H20N2O3S/c1-9-11(7-10(8-13)17-9)18(15,16)14-6-4-5-12(14,2)3/h7H,4-6,8,13H2,1-3H3. The van der Waals surface area contributed by atoms with E-state index in [1.54, 1.807) is 17.3 Å². The Morgan fingerprint density at radius 2 is 2.17 bits per heavy atom. The molecule has 0 unspecified atom stereocenters. The van der Waals surface area contributed by atoms with E-state index in [-0.39, 0.29) is 17.0 Å². The van der Waals surface area contributed by atoms with E-state index in [9.17, 15) is 8.42 Å². The predicted octanol–water partition coefficient (Wildman–Crippen LogP) is 1.61. The van der Waals surface area contributed by atoms with Gasteiger partial charge in [0.15, 0.2) is 0 Å². The SMILES string of the molecule is Cc1oc(CN)cc1S(=O)(=O)N1CCCC1(C)C. The van der Waals surface area contributed by atoms with Crippen molar-refractivity contribution < 1.29 is 12.8 Å². The summed E-state index contributed by atoms with van der Waals surface area (Å²) < 4.78 is 32.2. The van der Waals surface area contributed by atoms with Crippen LogP contribution in [0.25, 0.3) is 0 Å². The lowest BCUT2D eigenvalue weighted by molar-refractivity contribution is 0.291. The van der Waals surface area contributed by atoms with Crippen LogP contribution in [-0.2, 0) is 16.6 Å². The molecule has 102 valence electrons. The average molecular weight is 272 g/mol. The number of rotatable bonds is 3. The van der Waals surface area contributed by atoms with Crippen LogP contribution in [0.4, 0.5) is 0 Å². The third-order valence-corrected chi connectivity index (χ3v) is 5.74. The monoisotopic (exact) mass is 272 g/mol. The van der Waals surface area contributed by atoms with Gasteiger partial charge in [0.1, 0.15) is 16.4 Å². The average Bonchev–Trinajstić information content (AvgIpc) is 2.81. The third kappa shape index (κ3) is 2.08. The Bertz CT molecular complexity index is 546. The highest BCUT2D eigenvalue weighted by atomic mass is 32.2. The Labute approximate surface area is 108 Å². The fourth-order valence-electron chi connectivity index (χ4n) is 2.53. The summed E-state index contributed by atoms with van der Waals surface area (Å²) in [6, 6.07) is 1.54. The first-order valence-corrected chi connectivity index (χ1v) is 7.55. The van der Waals surface area contributed by atoms with Crippen LogP contribution in [0.5, 0.6) is 0 Å². The van der Waals surface area contributed by atoms with Gasteiger partial charge in [0.05, 0.1) is 6.54 Å². The van der Waals surface area contributed by atoms with Crippen LogP contribution < -0.4 is 5.73 Å². The molecule has 0 amide bonds. The van der Waals surface area contributed by atoms with Crippen LogP contribution in [0.15, 0.2) is 15.4 Å². The molecule has 2 rings (SSSR count). The van der Waals surface area contributed by atoms with Crippen molar-refractivity contribution in [3.05, 3.63) is 17.6 Å². The summed E-state index contributed by atoms with van der Waals surface area (Å²) in [5, 5.41) is 0. The lowest BCUT2D eigenvalue weighted by Crippen LogP contribution is -2.42. The zero-order valence-electron chi connectivity index (χ0n) is 11.1. The summed E-state index contributed by atoms with van der Waals surface area (Å²) in [6.07, 6.45) is 1.78. The van der Waals surface area contributed by atoms with Gasteiger partial charge >= 0.3 is 0 Å². The van der Waals surface area contributed by atoms with Gasteiger partial charge in [0, 0.05) is 18.2 Å². The van der Waals surface area contributed by atoms with Crippen LogP contribution in [0.2, 0.25) is 0 Å². The zero-order chi connectivity index (χ0) is 13.6. The molecule has 2 N–H and O–H groups in total. The van der Waals surface area contributed by atoms with E-state index in [0.717, 1.165) is 12.8 Å². The Balaban J connectivity index is 2.45. The molecule has 0 radical (unpaired) electrons. The minimum atomic E-state index is -3.48. The van der Waals surface area contributed by atoms with Crippen molar-refractivity contribution >= 4 is 10.0 Å². The largest absolute Gasteiger partial charge is 0.464 e. The van der Waals surface area contributed by atoms with Crippen LogP contribution in [0, 0.1) is 6.92 Å². The van der Waals surface area contributed by atoms with Gasteiger partial charge in [-0.05, 0) is 33.6 Å². The molecular formula is C12H20N2O3S. The number of hydrogen-bond acceptors (Lipinski definition) is 4. The molecule has 2 heterocycles. The van der Waals surface area contributed by atoms with Gasteiger partial charge in [-0.25, -0.2) is 8.42 Å². The maximum absolute atomic E-state index is 12.6. The van der Waals surface area contributed by atoms with Crippen molar-refractivity contribution in [2.45, 2.75) is 50.6 Å². The molecule has 6 heteroatoms. The van der Waals surface area contributed by atoms with Gasteiger partial charge in [-0.1, -0.05) is 0 Å². The lowest BCUT2D eigenvalue weighted by atomic mass is 10.0. The molecule has 1 aromatic heterocycles. The first kappa shape index (κ1) is 13.6. The first-order valence-electron chi connectivity index (χ1n) is 6.11. The lowest BCUT2D eigenvalue weighted by Gasteiger charge is -2.30. The van der Waals surface area contributed by atoms with Gasteiger partial charge < -0.3 is 10.2 Å². The molecule has 0 atom stereocenters. The molecule has 0 aliphatic carbocycles. The van der Waals surface area contributed by atoms with E-state index in [1.165, 1.54) is 0 Å². The number of aryl methyl sites for hydroxylation is 1. The molecule has 5 nitrogen and oxygen atoms in total. The molecule has 0 bridgehead atoms. The molecule has 0 spiro atoms. The fraction of sp³-hybridized carbons (Fsp3) is 0.667. The zero-order valence-corrected chi connectivity index (χ0v) is 11.9. The molecule has 1 aliphatic rings. The second-order valence-corrected chi connectivity index (χ2v) is 7.16. The number of hydrogen-bond donors (Lipinski definition) is 1. The highest BCUT2D eigenvalue weighted by Gasteiger charge is 2.42. The molecule has 1 saturated heterocycles. The molecular weight excluding hydrogens is 252 g/mol. The van der Waals surface area contributed by atoms with E-state index in [2.05, 4.69) is 0 Å². The molecule has 1 aliphatic heterocycles. The van der Waals surface area contributed by atoms with Gasteiger partial charge in [0.2, 0.25) is 10.0 Å². The van der Waals surface area contributed by atoms with E-state index in [4.69, 9.17) is 10.2 Å². The molecule has 0 saturated carbocycles. The van der Waals surface area contributed by atoms with Crippen LogP contribution in [-0.4, -0.2) is 24.8 Å². The fourth-order valence-corrected chi connectivity index (χ4v) is 4.56. The number of nitrogens with two attached hydrogens (primary N) is 1. The van der Waals surface area contributed by atoms with E-state index in [1.807, 2.05) is 13.8 Å². The highest BCUT2D eigenvalue weighted by molar-refractivity contribution is 7.89.